The number of likely N-dealkylation sites (N-methyl/N-ethyl adjacent to an activating group) is 1. The molecule has 29 heavy (non-hydrogen) atoms. The summed E-state index contributed by atoms with van der Waals surface area (Å²) >= 11 is 1.35. The lowest BCUT2D eigenvalue weighted by atomic mass is 10.0. The summed E-state index contributed by atoms with van der Waals surface area (Å²) in [6, 6.07) is 19.9. The highest BCUT2D eigenvalue weighted by Gasteiger charge is 2.20. The molecule has 1 aliphatic rings. The Kier molecular flexibility index (Phi) is 6.17. The van der Waals surface area contributed by atoms with E-state index in [1.54, 1.807) is 0 Å². The molecule has 0 spiro atoms. The average Bonchev–Trinajstić information content (AvgIpc) is 2.79. The van der Waals surface area contributed by atoms with Crippen LogP contribution in [0.15, 0.2) is 65.8 Å². The second kappa shape index (κ2) is 9.15. The Morgan fingerprint density at radius 1 is 0.862 bits per heavy atom. The van der Waals surface area contributed by atoms with Crippen molar-refractivity contribution in [2.45, 2.75) is 5.16 Å². The van der Waals surface area contributed by atoms with E-state index < -0.39 is 0 Å². The summed E-state index contributed by atoms with van der Waals surface area (Å²) < 4.78 is 0. The molecule has 0 aliphatic carbocycles. The predicted molar refractivity (Wildman–Crippen MR) is 116 cm³/mol. The minimum absolute atomic E-state index is 0.125. The smallest absolute Gasteiger partial charge is 0.233 e. The number of nitrogens with zero attached hydrogens (tertiary/aromatic N) is 5. The van der Waals surface area contributed by atoms with E-state index in [2.05, 4.69) is 22.1 Å². The molecule has 2 aromatic carbocycles. The third kappa shape index (κ3) is 4.81. The maximum Gasteiger partial charge on any atom is 0.233 e. The molecule has 3 aromatic rings. The SMILES string of the molecule is CN1CCN(C(=O)CSc2nnc(-c3ccccc3)c(-c3ccccc3)n2)CC1. The zero-order valence-corrected chi connectivity index (χ0v) is 17.2. The summed E-state index contributed by atoms with van der Waals surface area (Å²) in [6.45, 7) is 3.38. The van der Waals surface area contributed by atoms with Gasteiger partial charge in [-0.3, -0.25) is 4.79 Å². The van der Waals surface area contributed by atoms with Gasteiger partial charge >= 0.3 is 0 Å². The number of hydrogen-bond donors (Lipinski definition) is 0. The zero-order chi connectivity index (χ0) is 20.1. The van der Waals surface area contributed by atoms with Gasteiger partial charge in [-0.05, 0) is 7.05 Å². The minimum atomic E-state index is 0.125. The molecule has 148 valence electrons. The van der Waals surface area contributed by atoms with Crippen molar-refractivity contribution in [3.05, 3.63) is 60.7 Å². The molecule has 2 heterocycles. The minimum Gasteiger partial charge on any atom is -0.339 e. The number of aromatic nitrogens is 3. The Morgan fingerprint density at radius 3 is 2.07 bits per heavy atom. The number of carbonyl (C=O) groups is 1. The van der Waals surface area contributed by atoms with Crippen LogP contribution in [-0.4, -0.2) is 69.9 Å². The van der Waals surface area contributed by atoms with Gasteiger partial charge in [0, 0.05) is 37.3 Å². The first kappa shape index (κ1) is 19.5. The number of rotatable bonds is 5. The van der Waals surface area contributed by atoms with Crippen molar-refractivity contribution in [3.8, 4) is 22.5 Å². The van der Waals surface area contributed by atoms with Gasteiger partial charge in [0.05, 0.1) is 5.75 Å². The lowest BCUT2D eigenvalue weighted by molar-refractivity contribution is -0.129. The van der Waals surface area contributed by atoms with Crippen molar-refractivity contribution < 1.29 is 4.79 Å². The van der Waals surface area contributed by atoms with Gasteiger partial charge in [-0.2, -0.15) is 0 Å². The molecule has 6 nitrogen and oxygen atoms in total. The van der Waals surface area contributed by atoms with Gasteiger partial charge in [-0.25, -0.2) is 4.98 Å². The maximum atomic E-state index is 12.5. The summed E-state index contributed by atoms with van der Waals surface area (Å²) in [7, 11) is 2.08. The second-order valence-electron chi connectivity index (χ2n) is 7.00. The molecule has 1 aromatic heterocycles. The van der Waals surface area contributed by atoms with Crippen LogP contribution in [0.3, 0.4) is 0 Å². The fourth-order valence-corrected chi connectivity index (χ4v) is 3.92. The van der Waals surface area contributed by atoms with Crippen LogP contribution in [0.25, 0.3) is 22.5 Å². The molecule has 1 aliphatic heterocycles. The summed E-state index contributed by atoms with van der Waals surface area (Å²) in [4.78, 5) is 21.4. The van der Waals surface area contributed by atoms with Gasteiger partial charge in [-0.1, -0.05) is 72.4 Å². The van der Waals surface area contributed by atoms with Crippen molar-refractivity contribution in [2.24, 2.45) is 0 Å². The fraction of sp³-hybridized carbons (Fsp3) is 0.273. The summed E-state index contributed by atoms with van der Waals surface area (Å²) in [6.07, 6.45) is 0. The van der Waals surface area contributed by atoms with E-state index in [-0.39, 0.29) is 5.91 Å². The van der Waals surface area contributed by atoms with Crippen LogP contribution in [0.5, 0.6) is 0 Å². The quantitative estimate of drug-likeness (QED) is 0.608. The number of piperazine rings is 1. The Bertz CT molecular complexity index is 959. The summed E-state index contributed by atoms with van der Waals surface area (Å²) in [5.74, 6) is 0.449. The number of hydrogen-bond acceptors (Lipinski definition) is 6. The molecule has 1 fully saturated rings. The van der Waals surface area contributed by atoms with Gasteiger partial charge in [0.2, 0.25) is 11.1 Å². The van der Waals surface area contributed by atoms with Crippen molar-refractivity contribution in [1.82, 2.24) is 25.0 Å². The van der Waals surface area contributed by atoms with Crippen molar-refractivity contribution in [2.75, 3.05) is 39.0 Å². The maximum absolute atomic E-state index is 12.5. The van der Waals surface area contributed by atoms with E-state index in [9.17, 15) is 4.79 Å². The lowest BCUT2D eigenvalue weighted by Gasteiger charge is -2.32. The summed E-state index contributed by atoms with van der Waals surface area (Å²) in [5.41, 5.74) is 3.47. The van der Waals surface area contributed by atoms with Gasteiger partial charge in [0.1, 0.15) is 11.4 Å². The first-order valence-corrected chi connectivity index (χ1v) is 10.6. The normalized spacial score (nSPS) is 14.7. The van der Waals surface area contributed by atoms with Crippen LogP contribution in [0.4, 0.5) is 0 Å². The molecule has 1 amide bonds. The van der Waals surface area contributed by atoms with E-state index in [0.717, 1.165) is 48.7 Å². The largest absolute Gasteiger partial charge is 0.339 e. The first-order valence-electron chi connectivity index (χ1n) is 9.65. The molecule has 0 N–H and O–H groups in total. The standard InChI is InChI=1S/C22H23N5OS/c1-26-12-14-27(15-13-26)19(28)16-29-22-23-20(17-8-4-2-5-9-17)21(24-25-22)18-10-6-3-7-11-18/h2-11H,12-16H2,1H3. The third-order valence-electron chi connectivity index (χ3n) is 4.94. The van der Waals surface area contributed by atoms with Crippen molar-refractivity contribution in [3.63, 3.8) is 0 Å². The number of benzene rings is 2. The first-order chi connectivity index (χ1) is 14.2. The molecule has 0 radical (unpaired) electrons. The van der Waals surface area contributed by atoms with Gasteiger partial charge in [0.15, 0.2) is 0 Å². The van der Waals surface area contributed by atoms with Crippen molar-refractivity contribution in [1.29, 1.82) is 0 Å². The Hall–Kier alpha value is -2.77. The second-order valence-corrected chi connectivity index (χ2v) is 7.94. The van der Waals surface area contributed by atoms with Crippen LogP contribution in [-0.2, 0) is 4.79 Å². The fourth-order valence-electron chi connectivity index (χ4n) is 3.23. The molecule has 7 heteroatoms. The zero-order valence-electron chi connectivity index (χ0n) is 16.4. The van der Waals surface area contributed by atoms with E-state index in [1.807, 2.05) is 65.6 Å². The molecule has 0 bridgehead atoms. The Labute approximate surface area is 175 Å². The van der Waals surface area contributed by atoms with Crippen LogP contribution in [0.2, 0.25) is 0 Å². The highest BCUT2D eigenvalue weighted by molar-refractivity contribution is 7.99. The van der Waals surface area contributed by atoms with Crippen LogP contribution in [0.1, 0.15) is 0 Å². The van der Waals surface area contributed by atoms with E-state index >= 15 is 0 Å². The number of carbonyl (C=O) groups excluding carboxylic acids is 1. The van der Waals surface area contributed by atoms with Crippen LogP contribution >= 0.6 is 11.8 Å². The van der Waals surface area contributed by atoms with E-state index in [0.29, 0.717) is 10.9 Å². The average molecular weight is 406 g/mol. The molecule has 1 saturated heterocycles. The Morgan fingerprint density at radius 2 is 1.45 bits per heavy atom. The summed E-state index contributed by atoms with van der Waals surface area (Å²) in [5, 5.41) is 9.27. The van der Waals surface area contributed by atoms with Gasteiger partial charge in [0.25, 0.3) is 0 Å². The van der Waals surface area contributed by atoms with Crippen molar-refractivity contribution >= 4 is 17.7 Å². The predicted octanol–water partition coefficient (Wildman–Crippen LogP) is 3.07. The molecular formula is C22H23N5OS. The molecule has 0 saturated carbocycles. The van der Waals surface area contributed by atoms with E-state index in [1.165, 1.54) is 11.8 Å². The highest BCUT2D eigenvalue weighted by atomic mass is 32.2. The van der Waals surface area contributed by atoms with Crippen LogP contribution in [0, 0.1) is 0 Å². The number of thioether (sulfide) groups is 1. The molecule has 4 rings (SSSR count). The van der Waals surface area contributed by atoms with E-state index in [4.69, 9.17) is 4.98 Å². The molecule has 0 unspecified atom stereocenters. The lowest BCUT2D eigenvalue weighted by Crippen LogP contribution is -2.47. The van der Waals surface area contributed by atoms with Crippen LogP contribution < -0.4 is 0 Å². The molecule has 0 atom stereocenters. The Balaban J connectivity index is 1.55. The monoisotopic (exact) mass is 405 g/mol. The van der Waals surface area contributed by atoms with Gasteiger partial charge < -0.3 is 9.80 Å². The topological polar surface area (TPSA) is 62.2 Å². The highest BCUT2D eigenvalue weighted by Crippen LogP contribution is 2.29. The molecular weight excluding hydrogens is 382 g/mol. The third-order valence-corrected chi connectivity index (χ3v) is 5.76. The van der Waals surface area contributed by atoms with Gasteiger partial charge in [-0.15, -0.1) is 10.2 Å². The number of amides is 1.